The summed E-state index contributed by atoms with van der Waals surface area (Å²) in [6.07, 6.45) is 1.72. The number of nitrogens with zero attached hydrogens (tertiary/aromatic N) is 1. The molecule has 0 aromatic heterocycles. The van der Waals surface area contributed by atoms with Gasteiger partial charge in [0.15, 0.2) is 3.84 Å². The highest BCUT2D eigenvalue weighted by Gasteiger charge is 1.90. The van der Waals surface area contributed by atoms with Crippen LogP contribution in [0.1, 0.15) is 0 Å². The SMILES string of the molecule is NC1=NC=C(Br)C=I1. The van der Waals surface area contributed by atoms with Crippen LogP contribution in [0.3, 0.4) is 0 Å². The molecule has 8 heavy (non-hydrogen) atoms. The largest absolute Gasteiger partial charge is 0.379 e. The molecule has 0 spiro atoms. The average Bonchev–Trinajstić information content (AvgIpc) is 1.77. The van der Waals surface area contributed by atoms with Crippen LogP contribution in [-0.2, 0) is 0 Å². The summed E-state index contributed by atoms with van der Waals surface area (Å²) in [7, 11) is 0. The van der Waals surface area contributed by atoms with Crippen LogP contribution < -0.4 is 5.73 Å². The van der Waals surface area contributed by atoms with E-state index in [1.54, 1.807) is 6.20 Å². The molecule has 1 heterocycles. The number of hydrogen-bond donors (Lipinski definition) is 1. The van der Waals surface area contributed by atoms with E-state index in [4.69, 9.17) is 5.73 Å². The van der Waals surface area contributed by atoms with Crippen molar-refractivity contribution in [2.75, 3.05) is 0 Å². The van der Waals surface area contributed by atoms with Gasteiger partial charge in [0.05, 0.1) is 0 Å². The third-order valence-corrected chi connectivity index (χ3v) is 3.77. The summed E-state index contributed by atoms with van der Waals surface area (Å²) in [4.78, 5) is 3.91. The molecule has 0 fully saturated rings. The van der Waals surface area contributed by atoms with Crippen LogP contribution in [0.25, 0.3) is 0 Å². The van der Waals surface area contributed by atoms with E-state index in [2.05, 4.69) is 24.9 Å². The van der Waals surface area contributed by atoms with Crippen molar-refractivity contribution in [3.05, 3.63) is 10.7 Å². The van der Waals surface area contributed by atoms with Crippen molar-refractivity contribution in [2.24, 2.45) is 10.7 Å². The fraction of sp³-hybridized carbons (Fsp3) is 0. The highest BCUT2D eigenvalue weighted by Crippen LogP contribution is 2.11. The highest BCUT2D eigenvalue weighted by molar-refractivity contribution is 14.2. The first-order chi connectivity index (χ1) is 3.79. The molecular formula is C4H4BrIN2. The van der Waals surface area contributed by atoms with Crippen LogP contribution in [0.2, 0.25) is 0 Å². The molecule has 0 radical (unpaired) electrons. The topological polar surface area (TPSA) is 38.4 Å². The first-order valence-electron chi connectivity index (χ1n) is 1.94. The van der Waals surface area contributed by atoms with Gasteiger partial charge in [-0.05, 0) is 40.7 Å². The Balaban J connectivity index is 2.86. The molecule has 2 nitrogen and oxygen atoms in total. The molecule has 1 aliphatic rings. The normalized spacial score (nSPS) is 18.6. The number of hydrogen-bond acceptors (Lipinski definition) is 2. The van der Waals surface area contributed by atoms with Gasteiger partial charge in [-0.3, -0.25) is 0 Å². The third kappa shape index (κ3) is 1.66. The summed E-state index contributed by atoms with van der Waals surface area (Å²) in [5, 5.41) is 0. The number of rotatable bonds is 0. The smallest absolute Gasteiger partial charge is 0.156 e. The fourth-order valence-corrected chi connectivity index (χ4v) is 2.05. The molecule has 0 aromatic carbocycles. The molecule has 0 saturated heterocycles. The highest BCUT2D eigenvalue weighted by atomic mass is 127. The molecule has 0 bridgehead atoms. The second kappa shape index (κ2) is 2.72. The zero-order valence-corrected chi connectivity index (χ0v) is 7.68. The van der Waals surface area contributed by atoms with Gasteiger partial charge in [0.25, 0.3) is 0 Å². The minimum atomic E-state index is -0.101. The quantitative estimate of drug-likeness (QED) is 0.529. The molecule has 44 valence electrons. The minimum absolute atomic E-state index is 0.101. The molecule has 1 rings (SSSR count). The Morgan fingerprint density at radius 1 is 1.75 bits per heavy atom. The first-order valence-corrected chi connectivity index (χ1v) is 5.06. The summed E-state index contributed by atoms with van der Waals surface area (Å²) in [5.74, 6) is 0. The first kappa shape index (κ1) is 6.41. The summed E-state index contributed by atoms with van der Waals surface area (Å²) >= 11 is 3.19. The van der Waals surface area contributed by atoms with Crippen molar-refractivity contribution in [2.45, 2.75) is 0 Å². The Bertz CT molecular complexity index is 162. The molecule has 1 aliphatic heterocycles. The fourth-order valence-electron chi connectivity index (χ4n) is 0.288. The molecule has 0 atom stereocenters. The Hall–Kier alpha value is 0.290. The Kier molecular flexibility index (Phi) is 2.18. The van der Waals surface area contributed by atoms with Crippen molar-refractivity contribution in [1.82, 2.24) is 0 Å². The van der Waals surface area contributed by atoms with Crippen molar-refractivity contribution >= 4 is 44.5 Å². The number of allylic oxidation sites excluding steroid dienone is 1. The van der Waals surface area contributed by atoms with Gasteiger partial charge < -0.3 is 5.73 Å². The number of halogens is 2. The molecule has 0 unspecified atom stereocenters. The Morgan fingerprint density at radius 2 is 2.50 bits per heavy atom. The van der Waals surface area contributed by atoms with Gasteiger partial charge >= 0.3 is 0 Å². The zero-order chi connectivity index (χ0) is 5.98. The van der Waals surface area contributed by atoms with Crippen LogP contribution in [0.4, 0.5) is 0 Å². The summed E-state index contributed by atoms with van der Waals surface area (Å²) in [5.41, 5.74) is 5.40. The van der Waals surface area contributed by atoms with E-state index in [1.807, 2.05) is 0 Å². The zero-order valence-electron chi connectivity index (χ0n) is 3.94. The van der Waals surface area contributed by atoms with Crippen LogP contribution in [0, 0.1) is 0 Å². The number of nitrogens with two attached hydrogens (primary N) is 1. The van der Waals surface area contributed by atoms with Crippen LogP contribution in [0.15, 0.2) is 15.7 Å². The van der Waals surface area contributed by atoms with Crippen LogP contribution >= 0.6 is 36.7 Å². The van der Waals surface area contributed by atoms with E-state index < -0.39 is 0 Å². The third-order valence-electron chi connectivity index (χ3n) is 0.582. The lowest BCUT2D eigenvalue weighted by molar-refractivity contribution is 1.56. The standard InChI is InChI=1S/C4H4BrIN2/c5-3-1-6-4(7)8-2-3/h1-2H,(H2,7,8). The lowest BCUT2D eigenvalue weighted by atomic mass is 10.7. The molecule has 0 aromatic rings. The summed E-state index contributed by atoms with van der Waals surface area (Å²) in [6, 6.07) is 0. The summed E-state index contributed by atoms with van der Waals surface area (Å²) < 4.78 is 3.92. The second-order valence-electron chi connectivity index (χ2n) is 1.18. The lowest BCUT2D eigenvalue weighted by Gasteiger charge is -1.93. The van der Waals surface area contributed by atoms with E-state index in [0.717, 1.165) is 8.32 Å². The van der Waals surface area contributed by atoms with Crippen LogP contribution in [0.5, 0.6) is 0 Å². The van der Waals surface area contributed by atoms with Gasteiger partial charge in [0.2, 0.25) is 0 Å². The molecule has 0 aliphatic carbocycles. The van der Waals surface area contributed by atoms with E-state index in [9.17, 15) is 0 Å². The maximum atomic E-state index is 5.40. The van der Waals surface area contributed by atoms with E-state index >= 15 is 0 Å². The van der Waals surface area contributed by atoms with Crippen LogP contribution in [-0.4, -0.2) is 7.85 Å². The lowest BCUT2D eigenvalue weighted by Crippen LogP contribution is -2.03. The van der Waals surface area contributed by atoms with Gasteiger partial charge in [-0.15, -0.1) is 0 Å². The van der Waals surface area contributed by atoms with Crippen molar-refractivity contribution < 1.29 is 0 Å². The Morgan fingerprint density at radius 3 is 2.88 bits per heavy atom. The molecule has 0 amide bonds. The minimum Gasteiger partial charge on any atom is -0.379 e. The predicted molar refractivity (Wildman–Crippen MR) is 48.7 cm³/mol. The monoisotopic (exact) mass is 286 g/mol. The van der Waals surface area contributed by atoms with Gasteiger partial charge in [0.1, 0.15) is 0 Å². The molecular weight excluding hydrogens is 283 g/mol. The van der Waals surface area contributed by atoms with Crippen molar-refractivity contribution in [3.8, 4) is 0 Å². The number of aliphatic imine (C=N–C) groups is 1. The van der Waals surface area contributed by atoms with E-state index in [-0.39, 0.29) is 20.7 Å². The predicted octanol–water partition coefficient (Wildman–Crippen LogP) is 1.32. The van der Waals surface area contributed by atoms with Gasteiger partial charge in [0, 0.05) is 10.7 Å². The maximum absolute atomic E-state index is 5.40. The van der Waals surface area contributed by atoms with Gasteiger partial charge in [-0.1, -0.05) is 0 Å². The Labute approximate surface area is 65.7 Å². The average molecular weight is 287 g/mol. The molecule has 4 heteroatoms. The van der Waals surface area contributed by atoms with Crippen molar-refractivity contribution in [1.29, 1.82) is 0 Å². The van der Waals surface area contributed by atoms with E-state index in [1.165, 1.54) is 0 Å². The second-order valence-corrected chi connectivity index (χ2v) is 4.45. The number of amidine groups is 1. The molecule has 0 saturated carbocycles. The summed E-state index contributed by atoms with van der Waals surface area (Å²) in [6.45, 7) is 0. The van der Waals surface area contributed by atoms with Gasteiger partial charge in [-0.2, -0.15) is 0 Å². The van der Waals surface area contributed by atoms with E-state index in [0.29, 0.717) is 0 Å². The molecule has 2 N–H and O–H groups in total. The van der Waals surface area contributed by atoms with Gasteiger partial charge in [-0.25, -0.2) is 4.99 Å². The van der Waals surface area contributed by atoms with Crippen molar-refractivity contribution in [3.63, 3.8) is 0 Å². The maximum Gasteiger partial charge on any atom is 0.156 e.